The second kappa shape index (κ2) is 7.48. The lowest BCUT2D eigenvalue weighted by Gasteiger charge is -2.39. The fourth-order valence-electron chi connectivity index (χ4n) is 4.72. The molecule has 1 aromatic rings. The molecule has 1 aliphatic heterocycles. The van der Waals surface area contributed by atoms with E-state index in [9.17, 15) is 4.79 Å². The lowest BCUT2D eigenvalue weighted by molar-refractivity contribution is -0.126. The first-order valence-electron chi connectivity index (χ1n) is 9.31. The zero-order chi connectivity index (χ0) is 16.1. The molecular formula is C20H30N2O. The van der Waals surface area contributed by atoms with Gasteiger partial charge >= 0.3 is 0 Å². The van der Waals surface area contributed by atoms with Crippen LogP contribution < -0.4 is 5.73 Å². The third-order valence-corrected chi connectivity index (χ3v) is 6.05. The topological polar surface area (TPSA) is 46.3 Å². The highest BCUT2D eigenvalue weighted by molar-refractivity contribution is 5.87. The Labute approximate surface area is 140 Å². The molecule has 1 saturated heterocycles. The summed E-state index contributed by atoms with van der Waals surface area (Å²) in [6.45, 7) is 3.34. The summed E-state index contributed by atoms with van der Waals surface area (Å²) in [7, 11) is 0. The molecule has 0 bridgehead atoms. The molecule has 1 atom stereocenters. The van der Waals surface area contributed by atoms with Gasteiger partial charge in [-0.1, -0.05) is 49.6 Å². The summed E-state index contributed by atoms with van der Waals surface area (Å²) >= 11 is 0. The van der Waals surface area contributed by atoms with Crippen molar-refractivity contribution in [1.29, 1.82) is 0 Å². The van der Waals surface area contributed by atoms with E-state index in [0.29, 0.717) is 5.92 Å². The highest BCUT2D eigenvalue weighted by atomic mass is 16.1. The number of amides is 1. The van der Waals surface area contributed by atoms with Crippen molar-refractivity contribution in [2.45, 2.75) is 56.8 Å². The van der Waals surface area contributed by atoms with Gasteiger partial charge in [0.25, 0.3) is 0 Å². The zero-order valence-corrected chi connectivity index (χ0v) is 14.2. The number of rotatable bonds is 6. The summed E-state index contributed by atoms with van der Waals surface area (Å²) in [6, 6.07) is 10.3. The predicted octanol–water partition coefficient (Wildman–Crippen LogP) is 3.48. The number of carbonyl (C=O) groups excluding carboxylic acids is 1. The monoisotopic (exact) mass is 314 g/mol. The molecule has 3 rings (SSSR count). The van der Waals surface area contributed by atoms with Crippen LogP contribution in [0.5, 0.6) is 0 Å². The van der Waals surface area contributed by atoms with E-state index >= 15 is 0 Å². The van der Waals surface area contributed by atoms with Crippen molar-refractivity contribution in [3.8, 4) is 0 Å². The van der Waals surface area contributed by atoms with Gasteiger partial charge in [0, 0.05) is 0 Å². The Balaban J connectivity index is 1.86. The van der Waals surface area contributed by atoms with Crippen LogP contribution in [0.15, 0.2) is 30.3 Å². The molecule has 126 valence electrons. The molecule has 1 aliphatic carbocycles. The molecule has 2 aliphatic rings. The molecule has 0 radical (unpaired) electrons. The Morgan fingerprint density at radius 3 is 2.30 bits per heavy atom. The number of primary amides is 1. The Kier molecular flexibility index (Phi) is 5.37. The minimum absolute atomic E-state index is 0.118. The van der Waals surface area contributed by atoms with Crippen LogP contribution in [0.25, 0.3) is 0 Å². The minimum atomic E-state index is -0.477. The van der Waals surface area contributed by atoms with E-state index in [-0.39, 0.29) is 5.91 Å². The van der Waals surface area contributed by atoms with Gasteiger partial charge in [-0.2, -0.15) is 0 Å². The van der Waals surface area contributed by atoms with Crippen LogP contribution in [-0.4, -0.2) is 30.4 Å². The molecule has 2 N–H and O–H groups in total. The van der Waals surface area contributed by atoms with E-state index in [1.54, 1.807) is 0 Å². The molecule has 1 amide bonds. The average molecular weight is 314 g/mol. The van der Waals surface area contributed by atoms with Gasteiger partial charge in [-0.05, 0) is 63.2 Å². The van der Waals surface area contributed by atoms with Crippen molar-refractivity contribution in [2.75, 3.05) is 19.6 Å². The van der Waals surface area contributed by atoms with Gasteiger partial charge < -0.3 is 10.6 Å². The van der Waals surface area contributed by atoms with Gasteiger partial charge in [-0.3, -0.25) is 4.79 Å². The maximum Gasteiger partial charge on any atom is 0.228 e. The summed E-state index contributed by atoms with van der Waals surface area (Å²) < 4.78 is 0. The third-order valence-electron chi connectivity index (χ3n) is 6.05. The summed E-state index contributed by atoms with van der Waals surface area (Å²) in [6.07, 6.45) is 9.54. The van der Waals surface area contributed by atoms with E-state index < -0.39 is 5.41 Å². The quantitative estimate of drug-likeness (QED) is 0.874. The molecule has 1 aromatic carbocycles. The summed E-state index contributed by atoms with van der Waals surface area (Å²) in [4.78, 5) is 15.2. The van der Waals surface area contributed by atoms with Crippen molar-refractivity contribution in [3.63, 3.8) is 0 Å². The molecular weight excluding hydrogens is 284 g/mol. The number of nitrogens with zero attached hydrogens (tertiary/aromatic N) is 1. The molecule has 3 nitrogen and oxygen atoms in total. The number of piperidine rings is 1. The van der Waals surface area contributed by atoms with Crippen LogP contribution in [0, 0.1) is 5.92 Å². The highest BCUT2D eigenvalue weighted by Crippen LogP contribution is 2.44. The lowest BCUT2D eigenvalue weighted by atomic mass is 9.66. The molecule has 1 heterocycles. The molecule has 1 saturated carbocycles. The second-order valence-electron chi connectivity index (χ2n) is 7.34. The summed E-state index contributed by atoms with van der Waals surface area (Å²) in [5.41, 5.74) is 6.70. The van der Waals surface area contributed by atoms with Crippen molar-refractivity contribution >= 4 is 5.91 Å². The van der Waals surface area contributed by atoms with E-state index in [1.165, 1.54) is 45.2 Å². The van der Waals surface area contributed by atoms with Crippen LogP contribution in [-0.2, 0) is 10.2 Å². The molecule has 0 spiro atoms. The number of likely N-dealkylation sites (tertiary alicyclic amines) is 1. The van der Waals surface area contributed by atoms with Gasteiger partial charge in [0.2, 0.25) is 5.91 Å². The molecule has 3 heteroatoms. The van der Waals surface area contributed by atoms with Gasteiger partial charge in [-0.25, -0.2) is 0 Å². The largest absolute Gasteiger partial charge is 0.369 e. The van der Waals surface area contributed by atoms with Crippen LogP contribution >= 0.6 is 0 Å². The standard InChI is InChI=1S/C20H30N2O/c21-19(23)20(18-11-5-6-12-18,17-9-3-1-4-10-17)13-16-22-14-7-2-8-15-22/h1,3-4,9-10,18H,2,5-8,11-16H2,(H2,21,23). The van der Waals surface area contributed by atoms with Crippen molar-refractivity contribution in [1.82, 2.24) is 4.90 Å². The van der Waals surface area contributed by atoms with E-state index in [4.69, 9.17) is 5.73 Å². The van der Waals surface area contributed by atoms with Crippen LogP contribution in [0.2, 0.25) is 0 Å². The number of carbonyl (C=O) groups is 1. The maximum atomic E-state index is 12.7. The zero-order valence-electron chi connectivity index (χ0n) is 14.2. The van der Waals surface area contributed by atoms with Gasteiger partial charge in [0.15, 0.2) is 0 Å². The average Bonchev–Trinajstić information content (AvgIpc) is 3.12. The molecule has 0 aromatic heterocycles. The number of hydrogen-bond acceptors (Lipinski definition) is 2. The van der Waals surface area contributed by atoms with Gasteiger partial charge in [0.1, 0.15) is 0 Å². The molecule has 2 fully saturated rings. The van der Waals surface area contributed by atoms with E-state index in [1.807, 2.05) is 18.2 Å². The minimum Gasteiger partial charge on any atom is -0.369 e. The van der Waals surface area contributed by atoms with Crippen LogP contribution in [0.1, 0.15) is 56.9 Å². The van der Waals surface area contributed by atoms with Crippen molar-refractivity contribution in [3.05, 3.63) is 35.9 Å². The summed E-state index contributed by atoms with van der Waals surface area (Å²) in [5.74, 6) is 0.291. The van der Waals surface area contributed by atoms with Crippen molar-refractivity contribution in [2.24, 2.45) is 11.7 Å². The first-order valence-corrected chi connectivity index (χ1v) is 9.31. The second-order valence-corrected chi connectivity index (χ2v) is 7.34. The lowest BCUT2D eigenvalue weighted by Crippen LogP contribution is -2.49. The van der Waals surface area contributed by atoms with Crippen LogP contribution in [0.4, 0.5) is 0 Å². The molecule has 23 heavy (non-hydrogen) atoms. The Hall–Kier alpha value is -1.35. The van der Waals surface area contributed by atoms with Crippen molar-refractivity contribution < 1.29 is 4.79 Å². The summed E-state index contributed by atoms with van der Waals surface area (Å²) in [5, 5.41) is 0. The first-order chi connectivity index (χ1) is 11.2. The number of hydrogen-bond donors (Lipinski definition) is 1. The Morgan fingerprint density at radius 1 is 1.04 bits per heavy atom. The predicted molar refractivity (Wildman–Crippen MR) is 94.2 cm³/mol. The normalized spacial score (nSPS) is 22.8. The number of benzene rings is 1. The maximum absolute atomic E-state index is 12.7. The van der Waals surface area contributed by atoms with Gasteiger partial charge in [0.05, 0.1) is 5.41 Å². The fraction of sp³-hybridized carbons (Fsp3) is 0.650. The third kappa shape index (κ3) is 3.45. The van der Waals surface area contributed by atoms with Gasteiger partial charge in [-0.15, -0.1) is 0 Å². The highest BCUT2D eigenvalue weighted by Gasteiger charge is 2.46. The fourth-order valence-corrected chi connectivity index (χ4v) is 4.72. The molecule has 1 unspecified atom stereocenters. The smallest absolute Gasteiger partial charge is 0.228 e. The first kappa shape index (κ1) is 16.5. The van der Waals surface area contributed by atoms with E-state index in [0.717, 1.165) is 31.4 Å². The SMILES string of the molecule is NC(=O)C(CCN1CCCCC1)(c1ccccc1)C1CCCC1. The Bertz CT molecular complexity index is 504. The van der Waals surface area contributed by atoms with E-state index in [2.05, 4.69) is 17.0 Å². The van der Waals surface area contributed by atoms with Crippen LogP contribution in [0.3, 0.4) is 0 Å². The Morgan fingerprint density at radius 2 is 1.70 bits per heavy atom. The number of nitrogens with two attached hydrogens (primary N) is 1.